The Bertz CT molecular complexity index is 465. The molecule has 1 amide bonds. The molecule has 0 spiro atoms. The number of thiol groups is 1. The first kappa shape index (κ1) is 15.5. The quantitative estimate of drug-likeness (QED) is 0.820. The lowest BCUT2D eigenvalue weighted by atomic mass is 10.1. The van der Waals surface area contributed by atoms with Crippen molar-refractivity contribution in [2.24, 2.45) is 0 Å². The standard InChI is InChI=1S/C12H19N3O3S2/c1-12(2,3)18-10(16)13-7-4-5-8(17-6-7)9-14-15-11(19)20-9/h7-8H,4-6H2,1-3H3,(H,13,16)(H,15,19)/t7-,8+/m1/s1. The summed E-state index contributed by atoms with van der Waals surface area (Å²) in [5.74, 6) is 0. The molecule has 0 unspecified atom stereocenters. The molecule has 2 atom stereocenters. The summed E-state index contributed by atoms with van der Waals surface area (Å²) in [6, 6.07) is -0.0236. The molecule has 1 saturated heterocycles. The van der Waals surface area contributed by atoms with Gasteiger partial charge in [0.25, 0.3) is 0 Å². The van der Waals surface area contributed by atoms with E-state index in [0.29, 0.717) is 10.9 Å². The fourth-order valence-corrected chi connectivity index (χ4v) is 2.88. The SMILES string of the molecule is CC(C)(C)OC(=O)N[C@@H]1CC[C@@H](c2nnc(S)s2)OC1. The van der Waals surface area contributed by atoms with Gasteiger partial charge in [-0.05, 0) is 33.6 Å². The Labute approximate surface area is 127 Å². The molecular formula is C12H19N3O3S2. The van der Waals surface area contributed by atoms with Crippen LogP contribution in [-0.4, -0.2) is 34.5 Å². The first-order valence-electron chi connectivity index (χ1n) is 6.47. The van der Waals surface area contributed by atoms with Crippen molar-refractivity contribution in [3.63, 3.8) is 0 Å². The second-order valence-corrected chi connectivity index (χ2v) is 7.40. The van der Waals surface area contributed by atoms with Gasteiger partial charge >= 0.3 is 6.09 Å². The Kier molecular flexibility index (Phi) is 4.87. The van der Waals surface area contributed by atoms with Gasteiger partial charge in [-0.15, -0.1) is 22.8 Å². The highest BCUT2D eigenvalue weighted by molar-refractivity contribution is 7.82. The van der Waals surface area contributed by atoms with E-state index in [1.807, 2.05) is 20.8 Å². The Morgan fingerprint density at radius 2 is 2.20 bits per heavy atom. The molecular weight excluding hydrogens is 298 g/mol. The molecule has 0 aliphatic carbocycles. The van der Waals surface area contributed by atoms with Gasteiger partial charge in [-0.2, -0.15) is 0 Å². The summed E-state index contributed by atoms with van der Waals surface area (Å²) in [5, 5.41) is 11.5. The van der Waals surface area contributed by atoms with Crippen LogP contribution < -0.4 is 5.32 Å². The second-order valence-electron chi connectivity index (χ2n) is 5.67. The smallest absolute Gasteiger partial charge is 0.407 e. The van der Waals surface area contributed by atoms with Crippen LogP contribution in [0.1, 0.15) is 44.7 Å². The van der Waals surface area contributed by atoms with E-state index in [9.17, 15) is 4.79 Å². The van der Waals surface area contributed by atoms with Crippen molar-refractivity contribution in [1.29, 1.82) is 0 Å². The Balaban J connectivity index is 1.78. The van der Waals surface area contributed by atoms with E-state index in [4.69, 9.17) is 9.47 Å². The third-order valence-corrected chi connectivity index (χ3v) is 3.88. The lowest BCUT2D eigenvalue weighted by Crippen LogP contribution is -2.43. The molecule has 6 nitrogen and oxygen atoms in total. The average Bonchev–Trinajstić information content (AvgIpc) is 2.74. The summed E-state index contributed by atoms with van der Waals surface area (Å²) in [6.45, 7) is 5.96. The molecule has 112 valence electrons. The van der Waals surface area contributed by atoms with Crippen LogP contribution in [0.15, 0.2) is 4.34 Å². The minimum Gasteiger partial charge on any atom is -0.444 e. The van der Waals surface area contributed by atoms with Crippen molar-refractivity contribution in [3.8, 4) is 0 Å². The highest BCUT2D eigenvalue weighted by Crippen LogP contribution is 2.30. The molecule has 1 aromatic heterocycles. The highest BCUT2D eigenvalue weighted by Gasteiger charge is 2.27. The zero-order chi connectivity index (χ0) is 14.8. The number of amides is 1. The average molecular weight is 317 g/mol. The molecule has 1 aromatic rings. The third kappa shape index (κ3) is 4.60. The molecule has 20 heavy (non-hydrogen) atoms. The zero-order valence-electron chi connectivity index (χ0n) is 11.8. The van der Waals surface area contributed by atoms with E-state index in [-0.39, 0.29) is 12.1 Å². The summed E-state index contributed by atoms with van der Waals surface area (Å²) in [6.07, 6.45) is 1.16. The van der Waals surface area contributed by atoms with E-state index in [2.05, 4.69) is 28.1 Å². The van der Waals surface area contributed by atoms with Crippen molar-refractivity contribution < 1.29 is 14.3 Å². The molecule has 2 heterocycles. The van der Waals surface area contributed by atoms with Crippen molar-refractivity contribution in [3.05, 3.63) is 5.01 Å². The summed E-state index contributed by atoms with van der Waals surface area (Å²) in [5.41, 5.74) is -0.488. The largest absolute Gasteiger partial charge is 0.444 e. The number of rotatable bonds is 2. The molecule has 0 aromatic carbocycles. The minimum absolute atomic E-state index is 0.0236. The third-order valence-electron chi connectivity index (χ3n) is 2.70. The van der Waals surface area contributed by atoms with Crippen LogP contribution in [0.4, 0.5) is 4.79 Å². The topological polar surface area (TPSA) is 73.3 Å². The molecule has 1 aliphatic rings. The summed E-state index contributed by atoms with van der Waals surface area (Å²) >= 11 is 5.57. The Morgan fingerprint density at radius 3 is 2.70 bits per heavy atom. The number of aromatic nitrogens is 2. The van der Waals surface area contributed by atoms with Crippen molar-refractivity contribution in [1.82, 2.24) is 15.5 Å². The lowest BCUT2D eigenvalue weighted by molar-refractivity contribution is -0.00957. The zero-order valence-corrected chi connectivity index (χ0v) is 13.5. The first-order valence-corrected chi connectivity index (χ1v) is 7.73. The number of nitrogens with one attached hydrogen (secondary N) is 1. The number of ether oxygens (including phenoxy) is 2. The molecule has 8 heteroatoms. The maximum Gasteiger partial charge on any atom is 0.407 e. The fraction of sp³-hybridized carbons (Fsp3) is 0.750. The van der Waals surface area contributed by atoms with E-state index in [0.717, 1.165) is 17.8 Å². The number of hydrogen-bond donors (Lipinski definition) is 2. The van der Waals surface area contributed by atoms with Gasteiger partial charge in [0, 0.05) is 0 Å². The van der Waals surface area contributed by atoms with Gasteiger partial charge in [-0.25, -0.2) is 4.79 Å². The van der Waals surface area contributed by atoms with Crippen LogP contribution >= 0.6 is 24.0 Å². The maximum absolute atomic E-state index is 11.7. The van der Waals surface area contributed by atoms with Gasteiger partial charge in [0.2, 0.25) is 0 Å². The Morgan fingerprint density at radius 1 is 1.45 bits per heavy atom. The molecule has 0 saturated carbocycles. The van der Waals surface area contributed by atoms with Gasteiger partial charge in [-0.3, -0.25) is 0 Å². The molecule has 0 bridgehead atoms. The normalized spacial score (nSPS) is 23.4. The summed E-state index contributed by atoms with van der Waals surface area (Å²) < 4.78 is 11.6. The summed E-state index contributed by atoms with van der Waals surface area (Å²) in [7, 11) is 0. The van der Waals surface area contributed by atoms with Crippen LogP contribution in [-0.2, 0) is 9.47 Å². The lowest BCUT2D eigenvalue weighted by Gasteiger charge is -2.29. The predicted octanol–water partition coefficient (Wildman–Crippen LogP) is 2.57. The number of carbonyl (C=O) groups is 1. The minimum atomic E-state index is -0.488. The van der Waals surface area contributed by atoms with Crippen LogP contribution in [0.3, 0.4) is 0 Å². The van der Waals surface area contributed by atoms with Gasteiger partial charge in [0.1, 0.15) is 16.7 Å². The van der Waals surface area contributed by atoms with Gasteiger partial charge in [-0.1, -0.05) is 11.3 Å². The first-order chi connectivity index (χ1) is 9.33. The predicted molar refractivity (Wildman–Crippen MR) is 78.2 cm³/mol. The van der Waals surface area contributed by atoms with Crippen LogP contribution in [0.25, 0.3) is 0 Å². The number of carbonyl (C=O) groups excluding carboxylic acids is 1. The monoisotopic (exact) mass is 317 g/mol. The Hall–Kier alpha value is -0.860. The second kappa shape index (κ2) is 6.28. The molecule has 1 N–H and O–H groups in total. The van der Waals surface area contributed by atoms with Crippen molar-refractivity contribution in [2.45, 2.75) is 55.7 Å². The number of nitrogens with zero attached hydrogens (tertiary/aromatic N) is 2. The summed E-state index contributed by atoms with van der Waals surface area (Å²) in [4.78, 5) is 11.7. The van der Waals surface area contributed by atoms with E-state index in [1.54, 1.807) is 0 Å². The van der Waals surface area contributed by atoms with Crippen molar-refractivity contribution in [2.75, 3.05) is 6.61 Å². The fourth-order valence-electron chi connectivity index (χ4n) is 1.89. The van der Waals surface area contributed by atoms with E-state index in [1.165, 1.54) is 11.3 Å². The van der Waals surface area contributed by atoms with Crippen molar-refractivity contribution >= 4 is 30.1 Å². The maximum atomic E-state index is 11.7. The van der Waals surface area contributed by atoms with Gasteiger partial charge in [0.15, 0.2) is 4.34 Å². The molecule has 1 aliphatic heterocycles. The molecule has 1 fully saturated rings. The number of alkyl carbamates (subject to hydrolysis) is 1. The molecule has 2 rings (SSSR count). The number of hydrogen-bond acceptors (Lipinski definition) is 7. The van der Waals surface area contributed by atoms with Crippen LogP contribution in [0, 0.1) is 0 Å². The van der Waals surface area contributed by atoms with Crippen LogP contribution in [0.2, 0.25) is 0 Å². The van der Waals surface area contributed by atoms with E-state index >= 15 is 0 Å². The molecule has 0 radical (unpaired) electrons. The highest BCUT2D eigenvalue weighted by atomic mass is 32.2. The van der Waals surface area contributed by atoms with E-state index < -0.39 is 11.7 Å². The van der Waals surface area contributed by atoms with Gasteiger partial charge in [0.05, 0.1) is 12.6 Å². The van der Waals surface area contributed by atoms with Gasteiger partial charge < -0.3 is 14.8 Å². The van der Waals surface area contributed by atoms with Crippen LogP contribution in [0.5, 0.6) is 0 Å².